The Balaban J connectivity index is 3.84. The lowest BCUT2D eigenvalue weighted by molar-refractivity contribution is -0.146. The molecular weight excluding hydrogens is 196 g/mol. The van der Waals surface area contributed by atoms with Crippen LogP contribution in [0.1, 0.15) is 26.7 Å². The van der Waals surface area contributed by atoms with Gasteiger partial charge in [-0.25, -0.2) is 0 Å². The second kappa shape index (κ2) is 7.23. The van der Waals surface area contributed by atoms with Crippen molar-refractivity contribution in [3.05, 3.63) is 0 Å². The molecule has 0 bridgehead atoms. The van der Waals surface area contributed by atoms with Crippen LogP contribution in [0.5, 0.6) is 0 Å². The van der Waals surface area contributed by atoms with E-state index in [1.165, 1.54) is 6.92 Å². The maximum Gasteiger partial charge on any atom is 0.307 e. The van der Waals surface area contributed by atoms with Crippen molar-refractivity contribution < 1.29 is 14.7 Å². The minimum Gasteiger partial charge on any atom is -0.481 e. The van der Waals surface area contributed by atoms with Crippen molar-refractivity contribution >= 4 is 11.9 Å². The molecule has 0 aromatic carbocycles. The van der Waals surface area contributed by atoms with Gasteiger partial charge < -0.3 is 16.2 Å². The number of carboxylic acid groups (broad SMARTS) is 1. The van der Waals surface area contributed by atoms with Gasteiger partial charge in [0.25, 0.3) is 0 Å². The van der Waals surface area contributed by atoms with Crippen molar-refractivity contribution in [2.45, 2.75) is 26.7 Å². The lowest BCUT2D eigenvalue weighted by Crippen LogP contribution is -2.35. The number of hydrogen-bond donors (Lipinski definition) is 3. The van der Waals surface area contributed by atoms with Gasteiger partial charge >= 0.3 is 5.97 Å². The predicted molar refractivity (Wildman–Crippen MR) is 57.3 cm³/mol. The fraction of sp³-hybridized carbons (Fsp3) is 0.800. The van der Waals surface area contributed by atoms with Gasteiger partial charge in [-0.05, 0) is 19.4 Å². The average molecular weight is 216 g/mol. The van der Waals surface area contributed by atoms with Crippen LogP contribution in [-0.4, -0.2) is 30.1 Å². The highest BCUT2D eigenvalue weighted by molar-refractivity contribution is 5.84. The standard InChI is InChI=1S/C10H20N2O3/c1-7(8(2)10(14)15)9(13)12-6-4-3-5-11/h7-8H,3-6,11H2,1-2H3,(H,12,13)(H,14,15). The van der Waals surface area contributed by atoms with E-state index in [1.807, 2.05) is 0 Å². The summed E-state index contributed by atoms with van der Waals surface area (Å²) in [6.07, 6.45) is 1.69. The number of hydrogen-bond acceptors (Lipinski definition) is 3. The molecular formula is C10H20N2O3. The normalized spacial score (nSPS) is 14.3. The molecule has 0 aromatic heterocycles. The largest absolute Gasteiger partial charge is 0.481 e. The van der Waals surface area contributed by atoms with Gasteiger partial charge in [-0.15, -0.1) is 0 Å². The number of nitrogens with one attached hydrogen (secondary N) is 1. The molecule has 2 unspecified atom stereocenters. The number of carbonyl (C=O) groups is 2. The summed E-state index contributed by atoms with van der Waals surface area (Å²) in [5, 5.41) is 11.4. The second-order valence-corrected chi connectivity index (χ2v) is 3.70. The fourth-order valence-corrected chi connectivity index (χ4v) is 1.08. The molecule has 88 valence electrons. The van der Waals surface area contributed by atoms with Crippen LogP contribution in [0.4, 0.5) is 0 Å². The van der Waals surface area contributed by atoms with Crippen LogP contribution in [0.25, 0.3) is 0 Å². The average Bonchev–Trinajstić information content (AvgIpc) is 2.21. The molecule has 0 radical (unpaired) electrons. The maximum absolute atomic E-state index is 11.4. The summed E-state index contributed by atoms with van der Waals surface area (Å²) >= 11 is 0. The van der Waals surface area contributed by atoms with Gasteiger partial charge in [0.1, 0.15) is 0 Å². The van der Waals surface area contributed by atoms with E-state index >= 15 is 0 Å². The molecule has 0 saturated heterocycles. The molecule has 0 aliphatic heterocycles. The molecule has 0 rings (SSSR count). The van der Waals surface area contributed by atoms with Gasteiger partial charge in [0.15, 0.2) is 0 Å². The molecule has 0 heterocycles. The Morgan fingerprint density at radius 1 is 1.27 bits per heavy atom. The number of aliphatic carboxylic acids is 1. The highest BCUT2D eigenvalue weighted by atomic mass is 16.4. The number of carbonyl (C=O) groups excluding carboxylic acids is 1. The monoisotopic (exact) mass is 216 g/mol. The molecule has 4 N–H and O–H groups in total. The summed E-state index contributed by atoms with van der Waals surface area (Å²) in [7, 11) is 0. The summed E-state index contributed by atoms with van der Waals surface area (Å²) in [5.41, 5.74) is 5.30. The molecule has 0 aliphatic carbocycles. The Kier molecular flexibility index (Phi) is 6.70. The molecule has 2 atom stereocenters. The van der Waals surface area contributed by atoms with E-state index in [0.717, 1.165) is 12.8 Å². The van der Waals surface area contributed by atoms with Crippen LogP contribution in [0.2, 0.25) is 0 Å². The molecule has 0 fully saturated rings. The van der Waals surface area contributed by atoms with E-state index in [1.54, 1.807) is 6.92 Å². The first kappa shape index (κ1) is 13.9. The van der Waals surface area contributed by atoms with E-state index in [9.17, 15) is 9.59 Å². The summed E-state index contributed by atoms with van der Waals surface area (Å²) in [5.74, 6) is -2.30. The highest BCUT2D eigenvalue weighted by Gasteiger charge is 2.25. The van der Waals surface area contributed by atoms with Crippen LogP contribution < -0.4 is 11.1 Å². The van der Waals surface area contributed by atoms with Crippen molar-refractivity contribution in [3.63, 3.8) is 0 Å². The van der Waals surface area contributed by atoms with E-state index in [-0.39, 0.29) is 5.91 Å². The second-order valence-electron chi connectivity index (χ2n) is 3.70. The van der Waals surface area contributed by atoms with Gasteiger partial charge in [0, 0.05) is 12.5 Å². The molecule has 15 heavy (non-hydrogen) atoms. The molecule has 0 aromatic rings. The highest BCUT2D eigenvalue weighted by Crippen LogP contribution is 2.10. The zero-order chi connectivity index (χ0) is 11.8. The summed E-state index contributed by atoms with van der Waals surface area (Å²) < 4.78 is 0. The van der Waals surface area contributed by atoms with Crippen LogP contribution in [0.15, 0.2) is 0 Å². The van der Waals surface area contributed by atoms with E-state index in [2.05, 4.69) is 5.32 Å². The van der Waals surface area contributed by atoms with E-state index < -0.39 is 17.8 Å². The molecule has 0 saturated carbocycles. The van der Waals surface area contributed by atoms with Gasteiger partial charge in [-0.2, -0.15) is 0 Å². The molecule has 0 aliphatic rings. The van der Waals surface area contributed by atoms with Gasteiger partial charge in [-0.1, -0.05) is 13.8 Å². The number of rotatable bonds is 7. The minimum atomic E-state index is -0.945. The van der Waals surface area contributed by atoms with Gasteiger partial charge in [-0.3, -0.25) is 9.59 Å². The number of unbranched alkanes of at least 4 members (excludes halogenated alkanes) is 1. The Morgan fingerprint density at radius 3 is 2.33 bits per heavy atom. The first-order valence-corrected chi connectivity index (χ1v) is 5.21. The molecule has 0 spiro atoms. The molecule has 5 heteroatoms. The lowest BCUT2D eigenvalue weighted by Gasteiger charge is -2.15. The SMILES string of the molecule is CC(C(=O)O)C(C)C(=O)NCCCCN. The van der Waals surface area contributed by atoms with Crippen molar-refractivity contribution in [1.29, 1.82) is 0 Å². The number of carboxylic acids is 1. The maximum atomic E-state index is 11.4. The van der Waals surface area contributed by atoms with Crippen molar-refractivity contribution in [3.8, 4) is 0 Å². The first-order chi connectivity index (χ1) is 7.00. The third-order valence-corrected chi connectivity index (χ3v) is 2.48. The predicted octanol–water partition coefficient (Wildman–Crippen LogP) is 0.198. The Labute approximate surface area is 90.0 Å². The first-order valence-electron chi connectivity index (χ1n) is 5.21. The van der Waals surface area contributed by atoms with Crippen molar-refractivity contribution in [2.24, 2.45) is 17.6 Å². The summed E-state index contributed by atoms with van der Waals surface area (Å²) in [6, 6.07) is 0. The molecule has 1 amide bonds. The summed E-state index contributed by atoms with van der Waals surface area (Å²) in [6.45, 7) is 4.33. The smallest absolute Gasteiger partial charge is 0.307 e. The Morgan fingerprint density at radius 2 is 1.87 bits per heavy atom. The van der Waals surface area contributed by atoms with Crippen molar-refractivity contribution in [1.82, 2.24) is 5.32 Å². The Bertz CT molecular complexity index is 219. The molecule has 5 nitrogen and oxygen atoms in total. The number of amides is 1. The number of nitrogens with two attached hydrogens (primary N) is 1. The zero-order valence-electron chi connectivity index (χ0n) is 9.32. The topological polar surface area (TPSA) is 92.4 Å². The Hall–Kier alpha value is -1.10. The minimum absolute atomic E-state index is 0.207. The zero-order valence-corrected chi connectivity index (χ0v) is 9.32. The van der Waals surface area contributed by atoms with Crippen LogP contribution >= 0.6 is 0 Å². The van der Waals surface area contributed by atoms with Crippen molar-refractivity contribution in [2.75, 3.05) is 13.1 Å². The van der Waals surface area contributed by atoms with Crippen LogP contribution in [0.3, 0.4) is 0 Å². The fourth-order valence-electron chi connectivity index (χ4n) is 1.08. The van der Waals surface area contributed by atoms with Gasteiger partial charge in [0.05, 0.1) is 5.92 Å². The lowest BCUT2D eigenvalue weighted by atomic mass is 9.95. The van der Waals surface area contributed by atoms with E-state index in [4.69, 9.17) is 10.8 Å². The van der Waals surface area contributed by atoms with Gasteiger partial charge in [0.2, 0.25) is 5.91 Å². The van der Waals surface area contributed by atoms with E-state index in [0.29, 0.717) is 13.1 Å². The summed E-state index contributed by atoms with van der Waals surface area (Å²) in [4.78, 5) is 22.1. The third-order valence-electron chi connectivity index (χ3n) is 2.48. The van der Waals surface area contributed by atoms with Crippen LogP contribution in [0, 0.1) is 11.8 Å². The van der Waals surface area contributed by atoms with Crippen LogP contribution in [-0.2, 0) is 9.59 Å². The quantitative estimate of drug-likeness (QED) is 0.530. The third kappa shape index (κ3) is 5.37.